The van der Waals surface area contributed by atoms with Crippen LogP contribution in [0.25, 0.3) is 0 Å². The maximum atomic E-state index is 13.8. The lowest BCUT2D eigenvalue weighted by atomic mass is 9.80. The predicted octanol–water partition coefficient (Wildman–Crippen LogP) is 5.33. The number of unbranched alkanes of at least 4 members (excludes halogenated alkanes) is 3. The van der Waals surface area contributed by atoms with E-state index >= 15 is 0 Å². The Morgan fingerprint density at radius 3 is 2.19 bits per heavy atom. The third kappa shape index (κ3) is 7.51. The van der Waals surface area contributed by atoms with Crippen LogP contribution in [0.15, 0.2) is 12.7 Å². The molecular formula is C28H48NO5PS. The van der Waals surface area contributed by atoms with Gasteiger partial charge < -0.3 is 14.7 Å². The number of ketones is 1. The lowest BCUT2D eigenvalue weighted by Gasteiger charge is -2.51. The van der Waals surface area contributed by atoms with Crippen molar-refractivity contribution >= 4 is 41.7 Å². The van der Waals surface area contributed by atoms with Crippen molar-refractivity contribution < 1.29 is 24.2 Å². The van der Waals surface area contributed by atoms with Crippen LogP contribution in [0.4, 0.5) is 0 Å². The molecule has 0 bridgehead atoms. The molecule has 1 N–H and O–H groups in total. The molecule has 0 unspecified atom stereocenters. The van der Waals surface area contributed by atoms with Gasteiger partial charge in [-0.3, -0.25) is 9.59 Å². The molecule has 206 valence electrons. The van der Waals surface area contributed by atoms with Crippen LogP contribution >= 0.6 is 18.6 Å². The molecule has 0 spiro atoms. The summed E-state index contributed by atoms with van der Waals surface area (Å²) in [6, 6.07) is -0.485. The quantitative estimate of drug-likeness (QED) is 0.116. The number of β-lactam (4-membered cyclic amide) rings is 1. The Hall–Kier alpha value is -1.04. The van der Waals surface area contributed by atoms with Gasteiger partial charge in [0.15, 0.2) is 0 Å². The summed E-state index contributed by atoms with van der Waals surface area (Å²) in [6.45, 7) is 9.80. The zero-order valence-electron chi connectivity index (χ0n) is 22.9. The average Bonchev–Trinajstić information content (AvgIpc) is 3.40. The number of rotatable bonds is 17. The molecule has 1 amide bonds. The molecule has 2 heterocycles. The number of likely N-dealkylation sites (tertiary alicyclic amines) is 1. The summed E-state index contributed by atoms with van der Waals surface area (Å²) >= 11 is 1.69. The van der Waals surface area contributed by atoms with Gasteiger partial charge in [-0.25, -0.2) is 4.79 Å². The molecule has 36 heavy (non-hydrogen) atoms. The van der Waals surface area contributed by atoms with E-state index in [1.165, 1.54) is 0 Å². The van der Waals surface area contributed by atoms with Crippen molar-refractivity contribution in [2.45, 2.75) is 103 Å². The number of thioether (sulfide) groups is 1. The Bertz CT molecular complexity index is 792. The maximum Gasteiger partial charge on any atom is 0.355 e. The fourth-order valence-electron chi connectivity index (χ4n) is 5.50. The molecule has 0 aromatic carbocycles. The highest BCUT2D eigenvalue weighted by molar-refractivity contribution is 8.00. The zero-order valence-corrected chi connectivity index (χ0v) is 24.6. The SMILES string of the molecule is C=CCOC(=O)C(N1C(=O)[C@H]([C@@H](C)O)[C@H]1CC(=O)[C@H]1CCCS1)=P(CCCC)(CCCC)CCCC. The first-order chi connectivity index (χ1) is 17.3. The van der Waals surface area contributed by atoms with Crippen LogP contribution in [0.3, 0.4) is 0 Å². The van der Waals surface area contributed by atoms with E-state index in [-0.39, 0.29) is 30.0 Å². The highest BCUT2D eigenvalue weighted by Crippen LogP contribution is 2.54. The van der Waals surface area contributed by atoms with Gasteiger partial charge in [0.25, 0.3) is 0 Å². The molecule has 2 fully saturated rings. The van der Waals surface area contributed by atoms with E-state index in [1.807, 2.05) is 0 Å². The number of nitrogens with zero attached hydrogens (tertiary/aromatic N) is 1. The number of ether oxygens (including phenoxy) is 1. The summed E-state index contributed by atoms with van der Waals surface area (Å²) in [5, 5.41) is 10.5. The van der Waals surface area contributed by atoms with E-state index in [0.29, 0.717) is 5.42 Å². The van der Waals surface area contributed by atoms with E-state index in [9.17, 15) is 19.5 Å². The molecule has 0 aromatic rings. The van der Waals surface area contributed by atoms with E-state index in [4.69, 9.17) is 4.74 Å². The van der Waals surface area contributed by atoms with Crippen molar-refractivity contribution in [3.63, 3.8) is 0 Å². The molecule has 2 aliphatic rings. The normalized spacial score (nSPS) is 22.8. The number of Topliss-reactive ketones (excluding diaryl/α,β-unsaturated/α-hetero) is 1. The van der Waals surface area contributed by atoms with Crippen molar-refractivity contribution in [1.29, 1.82) is 0 Å². The Morgan fingerprint density at radius 2 is 1.75 bits per heavy atom. The molecule has 4 atom stereocenters. The number of hydrogen-bond donors (Lipinski definition) is 1. The molecule has 2 aliphatic heterocycles. The van der Waals surface area contributed by atoms with Crippen molar-refractivity contribution in [2.24, 2.45) is 5.92 Å². The van der Waals surface area contributed by atoms with Crippen LogP contribution in [0.1, 0.15) is 85.5 Å². The molecule has 2 saturated heterocycles. The van der Waals surface area contributed by atoms with Crippen LogP contribution in [0, 0.1) is 5.92 Å². The molecule has 6 nitrogen and oxygen atoms in total. The van der Waals surface area contributed by atoms with E-state index < -0.39 is 30.9 Å². The van der Waals surface area contributed by atoms with Gasteiger partial charge in [0, 0.05) is 6.42 Å². The van der Waals surface area contributed by atoms with Crippen molar-refractivity contribution in [3.05, 3.63) is 12.7 Å². The molecule has 2 rings (SSSR count). The predicted molar refractivity (Wildman–Crippen MR) is 153 cm³/mol. The minimum Gasteiger partial charge on any atom is -0.457 e. The number of aliphatic hydroxyl groups excluding tert-OH is 1. The van der Waals surface area contributed by atoms with E-state index in [2.05, 4.69) is 27.4 Å². The van der Waals surface area contributed by atoms with Crippen LogP contribution in [-0.2, 0) is 19.1 Å². The van der Waals surface area contributed by atoms with Crippen molar-refractivity contribution in [3.8, 4) is 0 Å². The van der Waals surface area contributed by atoms with Crippen molar-refractivity contribution in [1.82, 2.24) is 4.90 Å². The Kier molecular flexibility index (Phi) is 13.3. The number of aliphatic hydroxyl groups is 1. The van der Waals surface area contributed by atoms with Crippen LogP contribution in [0.5, 0.6) is 0 Å². The van der Waals surface area contributed by atoms with E-state index in [1.54, 1.807) is 29.7 Å². The topological polar surface area (TPSA) is 83.9 Å². The average molecular weight is 542 g/mol. The van der Waals surface area contributed by atoms with Gasteiger partial charge in [-0.05, 0) is 63.3 Å². The first-order valence-electron chi connectivity index (χ1n) is 13.9. The third-order valence-electron chi connectivity index (χ3n) is 7.50. The number of esters is 1. The fourth-order valence-corrected chi connectivity index (χ4v) is 12.0. The smallest absolute Gasteiger partial charge is 0.355 e. The molecule has 0 aromatic heterocycles. The summed E-state index contributed by atoms with van der Waals surface area (Å²) in [5.74, 6) is -0.218. The monoisotopic (exact) mass is 541 g/mol. The van der Waals surface area contributed by atoms with Crippen LogP contribution < -0.4 is 0 Å². The van der Waals surface area contributed by atoms with Gasteiger partial charge in [0.05, 0.1) is 23.3 Å². The van der Waals surface area contributed by atoms with Gasteiger partial charge in [-0.1, -0.05) is 59.6 Å². The first-order valence-corrected chi connectivity index (χ1v) is 17.3. The van der Waals surface area contributed by atoms with Gasteiger partial charge in [0.2, 0.25) is 5.91 Å². The largest absolute Gasteiger partial charge is 0.457 e. The summed E-state index contributed by atoms with van der Waals surface area (Å²) < 4.78 is 5.64. The minimum atomic E-state index is -2.06. The van der Waals surface area contributed by atoms with Gasteiger partial charge in [0.1, 0.15) is 17.8 Å². The maximum absolute atomic E-state index is 13.8. The zero-order chi connectivity index (χ0) is 26.7. The molecule has 0 aliphatic carbocycles. The first kappa shape index (κ1) is 31.2. The van der Waals surface area contributed by atoms with Gasteiger partial charge in [-0.2, -0.15) is 11.8 Å². The molecule has 0 saturated carbocycles. The second kappa shape index (κ2) is 15.4. The van der Waals surface area contributed by atoms with Crippen LogP contribution in [0.2, 0.25) is 0 Å². The second-order valence-electron chi connectivity index (χ2n) is 10.3. The summed E-state index contributed by atoms with van der Waals surface area (Å²) in [7, 11) is 0. The van der Waals surface area contributed by atoms with Crippen molar-refractivity contribution in [2.75, 3.05) is 30.8 Å². The fraction of sp³-hybridized carbons (Fsp3) is 0.786. The highest BCUT2D eigenvalue weighted by atomic mass is 32.2. The minimum absolute atomic E-state index is 0.0480. The summed E-state index contributed by atoms with van der Waals surface area (Å²) in [6.07, 6.45) is 11.5. The third-order valence-corrected chi connectivity index (χ3v) is 13.7. The Balaban J connectivity index is 2.65. The lowest BCUT2D eigenvalue weighted by Crippen LogP contribution is -2.68. The summed E-state index contributed by atoms with van der Waals surface area (Å²) in [5.41, 5.74) is 0.526. The summed E-state index contributed by atoms with van der Waals surface area (Å²) in [4.78, 5) is 42.2. The molecule has 8 heteroatoms. The second-order valence-corrected chi connectivity index (χ2v) is 15.7. The Morgan fingerprint density at radius 1 is 1.17 bits per heavy atom. The van der Waals surface area contributed by atoms with Crippen LogP contribution in [-0.4, -0.2) is 81.3 Å². The van der Waals surface area contributed by atoms with Gasteiger partial charge >= 0.3 is 5.97 Å². The van der Waals surface area contributed by atoms with Gasteiger partial charge in [-0.15, -0.1) is 0 Å². The number of carbonyl (C=O) groups excluding carboxylic acids is 3. The number of carbonyl (C=O) groups is 3. The molecule has 0 radical (unpaired) electrons. The molecular weight excluding hydrogens is 493 g/mol. The van der Waals surface area contributed by atoms with E-state index in [0.717, 1.165) is 75.6 Å². The standard InChI is InChI=1S/C28H48NO5PS/c1-6-10-16-35(17-11-7-2,18-12-8-3)27(28(33)34-15-9-4)29-22(25(21(5)30)26(29)32)20-23(31)24-14-13-19-36-24/h9,21-22,24-25,30H,4,6-8,10-20H2,1-3,5H3/t21-,22-,24-,25-/m1/s1. The number of amides is 1. The number of hydrogen-bond acceptors (Lipinski definition) is 6. The lowest BCUT2D eigenvalue weighted by molar-refractivity contribution is -0.158. The Labute approximate surface area is 223 Å². The highest BCUT2D eigenvalue weighted by Gasteiger charge is 2.55.